The first-order valence-corrected chi connectivity index (χ1v) is 7.75. The summed E-state index contributed by atoms with van der Waals surface area (Å²) in [7, 11) is -1.96. The number of benzene rings is 1. The van der Waals surface area contributed by atoms with Gasteiger partial charge in [-0.2, -0.15) is 0 Å². The van der Waals surface area contributed by atoms with Crippen LogP contribution < -0.4 is 5.73 Å². The summed E-state index contributed by atoms with van der Waals surface area (Å²) in [5.41, 5.74) is 6.00. The molecule has 0 radical (unpaired) electrons. The number of hydrogen-bond donors (Lipinski definition) is 1. The van der Waals surface area contributed by atoms with Gasteiger partial charge in [0.25, 0.3) is 0 Å². The number of allylic oxidation sites excluding steroid dienone is 1. The van der Waals surface area contributed by atoms with Gasteiger partial charge < -0.3 is 5.73 Å². The second-order valence-corrected chi connectivity index (χ2v) is 6.87. The van der Waals surface area contributed by atoms with Gasteiger partial charge in [-0.3, -0.25) is 0 Å². The van der Waals surface area contributed by atoms with Crippen LogP contribution in [0.15, 0.2) is 40.2 Å². The standard InChI is InChI=1S/C12H17BrN2O2S/c1-3-4-5-8-15(2)18(16,17)12-7-6-10(13)9-11(12)14/h3,6-7,9H,1,4-5,8,14H2,2H3. The number of hydrogen-bond acceptors (Lipinski definition) is 3. The number of anilines is 1. The van der Waals surface area contributed by atoms with Gasteiger partial charge in [0.2, 0.25) is 10.0 Å². The van der Waals surface area contributed by atoms with E-state index >= 15 is 0 Å². The minimum Gasteiger partial charge on any atom is -0.398 e. The quantitative estimate of drug-likeness (QED) is 0.494. The maximum absolute atomic E-state index is 12.3. The van der Waals surface area contributed by atoms with E-state index in [2.05, 4.69) is 22.5 Å². The van der Waals surface area contributed by atoms with Gasteiger partial charge in [0.15, 0.2) is 0 Å². The molecule has 18 heavy (non-hydrogen) atoms. The largest absolute Gasteiger partial charge is 0.398 e. The third kappa shape index (κ3) is 3.57. The van der Waals surface area contributed by atoms with Gasteiger partial charge >= 0.3 is 0 Å². The number of unbranched alkanes of at least 4 members (excludes halogenated alkanes) is 1. The molecule has 0 fully saturated rings. The summed E-state index contributed by atoms with van der Waals surface area (Å²) in [5.74, 6) is 0. The fourth-order valence-electron chi connectivity index (χ4n) is 1.50. The molecule has 0 amide bonds. The zero-order chi connectivity index (χ0) is 13.8. The number of nitrogens with zero attached hydrogens (tertiary/aromatic N) is 1. The Bertz CT molecular complexity index is 529. The molecular weight excluding hydrogens is 316 g/mol. The van der Waals surface area contributed by atoms with E-state index in [1.165, 1.54) is 10.4 Å². The van der Waals surface area contributed by atoms with Crippen LogP contribution in [0.5, 0.6) is 0 Å². The molecule has 0 unspecified atom stereocenters. The molecule has 2 N–H and O–H groups in total. The van der Waals surface area contributed by atoms with Crippen molar-refractivity contribution in [2.45, 2.75) is 17.7 Å². The van der Waals surface area contributed by atoms with E-state index in [-0.39, 0.29) is 10.6 Å². The van der Waals surface area contributed by atoms with Crippen molar-refractivity contribution in [2.75, 3.05) is 19.3 Å². The highest BCUT2D eigenvalue weighted by atomic mass is 79.9. The van der Waals surface area contributed by atoms with Crippen molar-refractivity contribution < 1.29 is 8.42 Å². The maximum Gasteiger partial charge on any atom is 0.244 e. The van der Waals surface area contributed by atoms with Crippen LogP contribution in [0.25, 0.3) is 0 Å². The number of nitrogens with two attached hydrogens (primary N) is 1. The Kier molecular flexibility index (Phi) is 5.37. The van der Waals surface area contributed by atoms with E-state index in [1.807, 2.05) is 0 Å². The topological polar surface area (TPSA) is 63.4 Å². The highest BCUT2D eigenvalue weighted by molar-refractivity contribution is 9.10. The Labute approximate surface area is 117 Å². The van der Waals surface area contributed by atoms with Crippen molar-refractivity contribution >= 4 is 31.6 Å². The predicted octanol–water partition coefficient (Wildman–Crippen LogP) is 2.62. The molecule has 0 aliphatic rings. The van der Waals surface area contributed by atoms with Crippen LogP contribution in [-0.4, -0.2) is 26.3 Å². The zero-order valence-corrected chi connectivity index (χ0v) is 12.7. The molecule has 1 rings (SSSR count). The Morgan fingerprint density at radius 1 is 1.50 bits per heavy atom. The molecule has 4 nitrogen and oxygen atoms in total. The van der Waals surface area contributed by atoms with E-state index < -0.39 is 10.0 Å². The van der Waals surface area contributed by atoms with E-state index in [0.717, 1.165) is 17.3 Å². The lowest BCUT2D eigenvalue weighted by atomic mass is 10.3. The second-order valence-electron chi connectivity index (χ2n) is 3.94. The van der Waals surface area contributed by atoms with E-state index in [9.17, 15) is 8.42 Å². The molecule has 0 aliphatic heterocycles. The number of nitrogen functional groups attached to an aromatic ring is 1. The van der Waals surface area contributed by atoms with E-state index in [0.29, 0.717) is 6.54 Å². The van der Waals surface area contributed by atoms with Gasteiger partial charge in [0.05, 0.1) is 5.69 Å². The van der Waals surface area contributed by atoms with Crippen LogP contribution in [0, 0.1) is 0 Å². The summed E-state index contributed by atoms with van der Waals surface area (Å²) >= 11 is 3.25. The van der Waals surface area contributed by atoms with Crippen molar-refractivity contribution in [3.05, 3.63) is 35.3 Å². The molecule has 0 saturated carbocycles. The first-order valence-electron chi connectivity index (χ1n) is 5.52. The van der Waals surface area contributed by atoms with Crippen LogP contribution in [0.2, 0.25) is 0 Å². The molecule has 0 aromatic heterocycles. The molecular formula is C12H17BrN2O2S. The second kappa shape index (κ2) is 6.36. The molecule has 0 saturated heterocycles. The van der Waals surface area contributed by atoms with Gasteiger partial charge in [0.1, 0.15) is 4.90 Å². The molecule has 1 aromatic carbocycles. The van der Waals surface area contributed by atoms with Crippen LogP contribution in [0.4, 0.5) is 5.69 Å². The monoisotopic (exact) mass is 332 g/mol. The average molecular weight is 333 g/mol. The number of halogens is 1. The molecule has 0 atom stereocenters. The molecule has 0 heterocycles. The van der Waals surface area contributed by atoms with Gasteiger partial charge in [-0.05, 0) is 31.0 Å². The summed E-state index contributed by atoms with van der Waals surface area (Å²) in [6, 6.07) is 4.77. The molecule has 1 aromatic rings. The van der Waals surface area contributed by atoms with Crippen molar-refractivity contribution in [1.29, 1.82) is 0 Å². The van der Waals surface area contributed by atoms with Gasteiger partial charge in [-0.25, -0.2) is 12.7 Å². The number of rotatable bonds is 6. The van der Waals surface area contributed by atoms with Crippen molar-refractivity contribution in [3.8, 4) is 0 Å². The molecule has 6 heteroatoms. The zero-order valence-electron chi connectivity index (χ0n) is 10.3. The summed E-state index contributed by atoms with van der Waals surface area (Å²) < 4.78 is 26.6. The van der Waals surface area contributed by atoms with Crippen LogP contribution in [0.3, 0.4) is 0 Å². The Hall–Kier alpha value is -0.850. The van der Waals surface area contributed by atoms with Gasteiger partial charge in [-0.1, -0.05) is 22.0 Å². The predicted molar refractivity (Wildman–Crippen MR) is 77.8 cm³/mol. The summed E-state index contributed by atoms with van der Waals surface area (Å²) in [4.78, 5) is 0.145. The normalized spacial score (nSPS) is 11.7. The minimum atomic E-state index is -3.51. The fourth-order valence-corrected chi connectivity index (χ4v) is 3.18. The first-order chi connectivity index (χ1) is 8.39. The van der Waals surface area contributed by atoms with E-state index in [4.69, 9.17) is 5.73 Å². The maximum atomic E-state index is 12.3. The van der Waals surface area contributed by atoms with Gasteiger partial charge in [0, 0.05) is 18.1 Å². The lowest BCUT2D eigenvalue weighted by molar-refractivity contribution is 0.463. The fraction of sp³-hybridized carbons (Fsp3) is 0.333. The summed E-state index contributed by atoms with van der Waals surface area (Å²) in [6.07, 6.45) is 3.31. The summed E-state index contributed by atoms with van der Waals surface area (Å²) in [5, 5.41) is 0. The van der Waals surface area contributed by atoms with Crippen molar-refractivity contribution in [1.82, 2.24) is 4.31 Å². The van der Waals surface area contributed by atoms with E-state index in [1.54, 1.807) is 25.3 Å². The van der Waals surface area contributed by atoms with Crippen molar-refractivity contribution in [2.24, 2.45) is 0 Å². The van der Waals surface area contributed by atoms with Crippen LogP contribution >= 0.6 is 15.9 Å². The first kappa shape index (κ1) is 15.2. The third-order valence-electron chi connectivity index (χ3n) is 2.54. The Morgan fingerprint density at radius 3 is 2.72 bits per heavy atom. The average Bonchev–Trinajstić information content (AvgIpc) is 2.28. The Balaban J connectivity index is 2.94. The van der Waals surface area contributed by atoms with Crippen LogP contribution in [-0.2, 0) is 10.0 Å². The molecule has 0 aliphatic carbocycles. The SMILES string of the molecule is C=CCCCN(C)S(=O)(=O)c1ccc(Br)cc1N. The highest BCUT2D eigenvalue weighted by Crippen LogP contribution is 2.25. The minimum absolute atomic E-state index is 0.145. The molecule has 0 spiro atoms. The molecule has 100 valence electrons. The van der Waals surface area contributed by atoms with Crippen molar-refractivity contribution in [3.63, 3.8) is 0 Å². The highest BCUT2D eigenvalue weighted by Gasteiger charge is 2.22. The Morgan fingerprint density at radius 2 is 2.17 bits per heavy atom. The number of sulfonamides is 1. The third-order valence-corrected chi connectivity index (χ3v) is 4.97. The van der Waals surface area contributed by atoms with Gasteiger partial charge in [-0.15, -0.1) is 6.58 Å². The lowest BCUT2D eigenvalue weighted by Crippen LogP contribution is -2.28. The van der Waals surface area contributed by atoms with Crippen LogP contribution in [0.1, 0.15) is 12.8 Å². The molecule has 0 bridgehead atoms. The summed E-state index contributed by atoms with van der Waals surface area (Å²) in [6.45, 7) is 4.06. The lowest BCUT2D eigenvalue weighted by Gasteiger charge is -2.18. The smallest absolute Gasteiger partial charge is 0.244 e.